The number of rotatable bonds is 5. The summed E-state index contributed by atoms with van der Waals surface area (Å²) in [7, 11) is -1.16. The molecule has 0 N–H and O–H groups in total. The van der Waals surface area contributed by atoms with Gasteiger partial charge in [-0.25, -0.2) is 0 Å². The van der Waals surface area contributed by atoms with Crippen molar-refractivity contribution in [1.82, 2.24) is 0 Å². The maximum absolute atomic E-state index is 2.62. The third-order valence-corrected chi connectivity index (χ3v) is 13.4. The lowest BCUT2D eigenvalue weighted by Crippen LogP contribution is -2.48. The minimum atomic E-state index is -1.16. The lowest BCUT2D eigenvalue weighted by Gasteiger charge is -2.50. The lowest BCUT2D eigenvalue weighted by molar-refractivity contribution is 0.517. The summed E-state index contributed by atoms with van der Waals surface area (Å²) in [6.45, 7) is 19.7. The smallest absolute Gasteiger partial charge is 0.0615 e. The summed E-state index contributed by atoms with van der Waals surface area (Å²) >= 11 is 0. The molecule has 0 aliphatic heterocycles. The zero-order valence-corrected chi connectivity index (χ0v) is 12.6. The van der Waals surface area contributed by atoms with Gasteiger partial charge in [0.05, 0.1) is 8.07 Å². The van der Waals surface area contributed by atoms with Gasteiger partial charge in [0, 0.05) is 0 Å². The van der Waals surface area contributed by atoms with Crippen LogP contribution in [0.2, 0.25) is 22.7 Å². The van der Waals surface area contributed by atoms with E-state index in [-0.39, 0.29) is 0 Å². The summed E-state index contributed by atoms with van der Waals surface area (Å²) in [5, 5.41) is 0.620. The summed E-state index contributed by atoms with van der Waals surface area (Å²) in [5.74, 6) is 0. The van der Waals surface area contributed by atoms with Crippen molar-refractivity contribution in [1.29, 1.82) is 0 Å². The second kappa shape index (κ2) is 4.83. The molecule has 0 saturated heterocycles. The molecule has 0 rings (SSSR count). The van der Waals surface area contributed by atoms with Gasteiger partial charge in [0.15, 0.2) is 0 Å². The average molecular weight is 214 g/mol. The van der Waals surface area contributed by atoms with E-state index in [9.17, 15) is 0 Å². The molecular formula is C13H30Si. The Labute approximate surface area is 92.5 Å². The average Bonchev–Trinajstić information content (AvgIpc) is 2.14. The van der Waals surface area contributed by atoms with Crippen LogP contribution in [-0.2, 0) is 0 Å². The maximum Gasteiger partial charge on any atom is 0.0615 e. The largest absolute Gasteiger partial charge is 0.0684 e. The first kappa shape index (κ1) is 14.2. The third-order valence-electron chi connectivity index (χ3n) is 5.26. The molecule has 0 amide bonds. The Balaban J connectivity index is 5.18. The molecule has 0 aliphatic rings. The highest BCUT2D eigenvalue weighted by molar-refractivity contribution is 6.83. The second-order valence-electron chi connectivity index (χ2n) is 5.86. The molecule has 0 spiro atoms. The van der Waals surface area contributed by atoms with Crippen molar-refractivity contribution in [2.45, 2.75) is 84.0 Å². The van der Waals surface area contributed by atoms with Crippen molar-refractivity contribution in [2.24, 2.45) is 0 Å². The Morgan fingerprint density at radius 2 is 1.21 bits per heavy atom. The van der Waals surface area contributed by atoms with Crippen LogP contribution in [0.1, 0.15) is 61.3 Å². The van der Waals surface area contributed by atoms with Crippen molar-refractivity contribution >= 4 is 8.07 Å². The van der Waals surface area contributed by atoms with Crippen molar-refractivity contribution in [3.63, 3.8) is 0 Å². The van der Waals surface area contributed by atoms with Crippen LogP contribution in [0.25, 0.3) is 0 Å². The van der Waals surface area contributed by atoms with Crippen LogP contribution < -0.4 is 0 Å². The molecule has 0 aliphatic carbocycles. The van der Waals surface area contributed by atoms with Crippen LogP contribution in [0.5, 0.6) is 0 Å². The van der Waals surface area contributed by atoms with Gasteiger partial charge in [-0.3, -0.25) is 0 Å². The molecule has 0 atom stereocenters. The molecule has 0 aromatic carbocycles. The fraction of sp³-hybridized carbons (Fsp3) is 1.00. The normalized spacial score (nSPS) is 14.1. The summed E-state index contributed by atoms with van der Waals surface area (Å²) in [6, 6.07) is 0. The SMILES string of the molecule is CCC(C)(CC)[Si](C)(C(C)C)C(C)C. The van der Waals surface area contributed by atoms with Crippen LogP contribution in [0.3, 0.4) is 0 Å². The van der Waals surface area contributed by atoms with E-state index < -0.39 is 8.07 Å². The molecule has 0 nitrogen and oxygen atoms in total. The molecule has 1 heteroatoms. The van der Waals surface area contributed by atoms with Gasteiger partial charge < -0.3 is 0 Å². The van der Waals surface area contributed by atoms with Gasteiger partial charge in [-0.2, -0.15) is 0 Å². The fourth-order valence-electron chi connectivity index (χ4n) is 3.07. The predicted molar refractivity (Wildman–Crippen MR) is 70.8 cm³/mol. The highest BCUT2D eigenvalue weighted by atomic mass is 28.3. The highest BCUT2D eigenvalue weighted by Crippen LogP contribution is 2.54. The van der Waals surface area contributed by atoms with E-state index in [4.69, 9.17) is 0 Å². The molecule has 86 valence electrons. The lowest BCUT2D eigenvalue weighted by atomic mass is 10.1. The Bertz CT molecular complexity index is 158. The van der Waals surface area contributed by atoms with Crippen LogP contribution in [-0.4, -0.2) is 8.07 Å². The summed E-state index contributed by atoms with van der Waals surface area (Å²) in [6.07, 6.45) is 2.70. The van der Waals surface area contributed by atoms with Gasteiger partial charge in [0.25, 0.3) is 0 Å². The van der Waals surface area contributed by atoms with E-state index in [2.05, 4.69) is 55.0 Å². The maximum atomic E-state index is 2.62. The first-order valence-electron chi connectivity index (χ1n) is 6.26. The zero-order valence-electron chi connectivity index (χ0n) is 11.6. The Morgan fingerprint density at radius 3 is 1.29 bits per heavy atom. The van der Waals surface area contributed by atoms with E-state index in [0.29, 0.717) is 5.04 Å². The molecule has 0 aromatic rings. The molecule has 0 heterocycles. The van der Waals surface area contributed by atoms with Crippen LogP contribution in [0, 0.1) is 0 Å². The predicted octanol–water partition coefficient (Wildman–Crippen LogP) is 5.47. The van der Waals surface area contributed by atoms with E-state index in [1.165, 1.54) is 12.8 Å². The third kappa shape index (κ3) is 2.08. The summed E-state index contributed by atoms with van der Waals surface area (Å²) < 4.78 is 0. The second-order valence-corrected chi connectivity index (χ2v) is 11.9. The Kier molecular flexibility index (Phi) is 4.90. The first-order valence-corrected chi connectivity index (χ1v) is 8.91. The number of hydrogen-bond donors (Lipinski definition) is 0. The summed E-state index contributed by atoms with van der Waals surface area (Å²) in [4.78, 5) is 0. The minimum Gasteiger partial charge on any atom is -0.0684 e. The quantitative estimate of drug-likeness (QED) is 0.533. The molecule has 0 radical (unpaired) electrons. The number of hydrogen-bond acceptors (Lipinski definition) is 0. The van der Waals surface area contributed by atoms with Crippen molar-refractivity contribution in [2.75, 3.05) is 0 Å². The van der Waals surface area contributed by atoms with Gasteiger partial charge in [0.2, 0.25) is 0 Å². The first-order chi connectivity index (χ1) is 6.26. The monoisotopic (exact) mass is 214 g/mol. The van der Waals surface area contributed by atoms with Crippen molar-refractivity contribution in [3.05, 3.63) is 0 Å². The van der Waals surface area contributed by atoms with Crippen molar-refractivity contribution in [3.8, 4) is 0 Å². The molecule has 0 aromatic heterocycles. The Morgan fingerprint density at radius 1 is 0.929 bits per heavy atom. The molecule has 0 bridgehead atoms. The minimum absolute atomic E-state index is 0.620. The fourth-order valence-corrected chi connectivity index (χ4v) is 8.72. The van der Waals surface area contributed by atoms with Gasteiger partial charge >= 0.3 is 0 Å². The van der Waals surface area contributed by atoms with Gasteiger partial charge in [-0.05, 0) is 5.04 Å². The van der Waals surface area contributed by atoms with Crippen molar-refractivity contribution < 1.29 is 0 Å². The molecular weight excluding hydrogens is 184 g/mol. The van der Waals surface area contributed by atoms with Gasteiger partial charge in [-0.15, -0.1) is 0 Å². The molecule has 14 heavy (non-hydrogen) atoms. The van der Waals surface area contributed by atoms with Crippen LogP contribution >= 0.6 is 0 Å². The standard InChI is InChI=1S/C13H30Si/c1-9-13(7,10-2)14(8,11(3)4)12(5)6/h11-12H,9-10H2,1-8H3. The highest BCUT2D eigenvalue weighted by Gasteiger charge is 2.47. The van der Waals surface area contributed by atoms with E-state index in [1.54, 1.807) is 0 Å². The Hall–Kier alpha value is 0.217. The van der Waals surface area contributed by atoms with E-state index >= 15 is 0 Å². The molecule has 0 saturated carbocycles. The molecule has 0 fully saturated rings. The zero-order chi connectivity index (χ0) is 11.6. The topological polar surface area (TPSA) is 0 Å². The summed E-state index contributed by atoms with van der Waals surface area (Å²) in [5.41, 5.74) is 1.79. The van der Waals surface area contributed by atoms with Gasteiger partial charge in [0.1, 0.15) is 0 Å². The van der Waals surface area contributed by atoms with Crippen LogP contribution in [0.4, 0.5) is 0 Å². The van der Waals surface area contributed by atoms with Crippen LogP contribution in [0.15, 0.2) is 0 Å². The molecule has 0 unspecified atom stereocenters. The van der Waals surface area contributed by atoms with E-state index in [1.807, 2.05) is 0 Å². The van der Waals surface area contributed by atoms with E-state index in [0.717, 1.165) is 11.1 Å². The van der Waals surface area contributed by atoms with Gasteiger partial charge in [-0.1, -0.05) is 78.9 Å².